The molecule has 0 radical (unpaired) electrons. The predicted molar refractivity (Wildman–Crippen MR) is 71.7 cm³/mol. The minimum atomic E-state index is -0.820. The Bertz CT molecular complexity index is 305. The first-order valence-corrected chi connectivity index (χ1v) is 7.13. The van der Waals surface area contributed by atoms with Gasteiger partial charge in [0.15, 0.2) is 0 Å². The third-order valence-corrected chi connectivity index (χ3v) is 3.93. The van der Waals surface area contributed by atoms with E-state index in [1.54, 1.807) is 4.90 Å². The summed E-state index contributed by atoms with van der Waals surface area (Å²) in [4.78, 5) is 24.9. The van der Waals surface area contributed by atoms with E-state index in [0.717, 1.165) is 32.1 Å². The Hall–Kier alpha value is -1.10. The second-order valence-electron chi connectivity index (χ2n) is 5.56. The molecule has 1 rings (SSSR count). The normalized spacial score (nSPS) is 17.4. The number of hydrogen-bond acceptors (Lipinski definition) is 3. The topological polar surface area (TPSA) is 77.8 Å². The van der Waals surface area contributed by atoms with Crippen LogP contribution in [0.2, 0.25) is 0 Å². The van der Waals surface area contributed by atoms with Gasteiger partial charge in [-0.3, -0.25) is 9.59 Å². The molecule has 5 nitrogen and oxygen atoms in total. The van der Waals surface area contributed by atoms with Crippen molar-refractivity contribution in [3.05, 3.63) is 0 Å². The molecule has 0 unspecified atom stereocenters. The molecule has 1 saturated carbocycles. The number of carboxylic acid groups (broad SMARTS) is 1. The Morgan fingerprint density at radius 1 is 1.16 bits per heavy atom. The molecule has 0 atom stereocenters. The molecule has 0 heterocycles. The SMILES string of the molecule is CCCN(CCO)C(=O)CC1(CC(=O)O)CCCC1. The summed E-state index contributed by atoms with van der Waals surface area (Å²) in [5, 5.41) is 18.0. The van der Waals surface area contributed by atoms with Crippen LogP contribution in [0.4, 0.5) is 0 Å². The smallest absolute Gasteiger partial charge is 0.303 e. The van der Waals surface area contributed by atoms with Gasteiger partial charge in [-0.05, 0) is 24.7 Å². The third-order valence-electron chi connectivity index (χ3n) is 3.93. The molecule has 19 heavy (non-hydrogen) atoms. The van der Waals surface area contributed by atoms with Crippen molar-refractivity contribution in [3.63, 3.8) is 0 Å². The maximum absolute atomic E-state index is 12.3. The number of aliphatic hydroxyl groups is 1. The zero-order valence-electron chi connectivity index (χ0n) is 11.7. The average molecular weight is 271 g/mol. The molecule has 1 amide bonds. The summed E-state index contributed by atoms with van der Waals surface area (Å²) in [6.07, 6.45) is 4.89. The second-order valence-corrected chi connectivity index (χ2v) is 5.56. The van der Waals surface area contributed by atoms with E-state index in [9.17, 15) is 9.59 Å². The van der Waals surface area contributed by atoms with E-state index in [0.29, 0.717) is 19.5 Å². The van der Waals surface area contributed by atoms with E-state index in [2.05, 4.69) is 0 Å². The van der Waals surface area contributed by atoms with Gasteiger partial charge in [-0.25, -0.2) is 0 Å². The van der Waals surface area contributed by atoms with Gasteiger partial charge in [0.25, 0.3) is 0 Å². The molecule has 0 aromatic carbocycles. The molecule has 2 N–H and O–H groups in total. The van der Waals surface area contributed by atoms with Crippen molar-refractivity contribution in [1.29, 1.82) is 0 Å². The number of carbonyl (C=O) groups excluding carboxylic acids is 1. The molecule has 0 bridgehead atoms. The first kappa shape index (κ1) is 16.0. The van der Waals surface area contributed by atoms with Gasteiger partial charge < -0.3 is 15.1 Å². The molecule has 0 spiro atoms. The average Bonchev–Trinajstić information content (AvgIpc) is 2.76. The highest BCUT2D eigenvalue weighted by Gasteiger charge is 2.38. The first-order valence-electron chi connectivity index (χ1n) is 7.13. The molecule has 1 fully saturated rings. The van der Waals surface area contributed by atoms with Crippen LogP contribution in [0.5, 0.6) is 0 Å². The van der Waals surface area contributed by atoms with Crippen molar-refractivity contribution in [2.45, 2.75) is 51.9 Å². The van der Waals surface area contributed by atoms with Crippen LogP contribution in [0.25, 0.3) is 0 Å². The number of carboxylic acids is 1. The number of aliphatic carboxylic acids is 1. The van der Waals surface area contributed by atoms with Gasteiger partial charge in [0, 0.05) is 19.5 Å². The summed E-state index contributed by atoms with van der Waals surface area (Å²) < 4.78 is 0. The first-order chi connectivity index (χ1) is 9.03. The Balaban J connectivity index is 2.66. The highest BCUT2D eigenvalue weighted by atomic mass is 16.4. The van der Waals surface area contributed by atoms with Crippen molar-refractivity contribution in [3.8, 4) is 0 Å². The van der Waals surface area contributed by atoms with Crippen molar-refractivity contribution in [2.24, 2.45) is 5.41 Å². The maximum atomic E-state index is 12.3. The van der Waals surface area contributed by atoms with Gasteiger partial charge in [-0.15, -0.1) is 0 Å². The zero-order chi connectivity index (χ0) is 14.3. The molecule has 1 aliphatic carbocycles. The van der Waals surface area contributed by atoms with Gasteiger partial charge in [0.1, 0.15) is 0 Å². The lowest BCUT2D eigenvalue weighted by Crippen LogP contribution is -2.38. The molecular weight excluding hydrogens is 246 g/mol. The van der Waals surface area contributed by atoms with E-state index in [1.165, 1.54) is 0 Å². The van der Waals surface area contributed by atoms with Crippen LogP contribution in [0, 0.1) is 5.41 Å². The zero-order valence-corrected chi connectivity index (χ0v) is 11.7. The predicted octanol–water partition coefficient (Wildman–Crippen LogP) is 1.64. The van der Waals surface area contributed by atoms with Crippen LogP contribution in [0.15, 0.2) is 0 Å². The molecule has 5 heteroatoms. The molecule has 0 aromatic rings. The third kappa shape index (κ3) is 4.82. The van der Waals surface area contributed by atoms with E-state index in [4.69, 9.17) is 10.2 Å². The lowest BCUT2D eigenvalue weighted by molar-refractivity contribution is -0.141. The highest BCUT2D eigenvalue weighted by Crippen LogP contribution is 2.44. The van der Waals surface area contributed by atoms with Crippen LogP contribution < -0.4 is 0 Å². The van der Waals surface area contributed by atoms with E-state index in [1.807, 2.05) is 6.92 Å². The van der Waals surface area contributed by atoms with E-state index in [-0.39, 0.29) is 24.3 Å². The fraction of sp³-hybridized carbons (Fsp3) is 0.857. The summed E-state index contributed by atoms with van der Waals surface area (Å²) in [6, 6.07) is 0. The van der Waals surface area contributed by atoms with Gasteiger partial charge in [0.2, 0.25) is 5.91 Å². The largest absolute Gasteiger partial charge is 0.481 e. The standard InChI is InChI=1S/C14H25NO4/c1-2-7-15(8-9-16)12(17)10-14(11-13(18)19)5-3-4-6-14/h16H,2-11H2,1H3,(H,18,19). The summed E-state index contributed by atoms with van der Waals surface area (Å²) in [5.74, 6) is -0.835. The van der Waals surface area contributed by atoms with E-state index < -0.39 is 5.97 Å². The monoisotopic (exact) mass is 271 g/mol. The van der Waals surface area contributed by atoms with Crippen molar-refractivity contribution in [2.75, 3.05) is 19.7 Å². The quantitative estimate of drug-likeness (QED) is 0.703. The Morgan fingerprint density at radius 3 is 2.26 bits per heavy atom. The van der Waals surface area contributed by atoms with Gasteiger partial charge in [0.05, 0.1) is 13.0 Å². The summed E-state index contributed by atoms with van der Waals surface area (Å²) >= 11 is 0. The molecule has 0 aliphatic heterocycles. The van der Waals surface area contributed by atoms with Crippen LogP contribution >= 0.6 is 0 Å². The Kier molecular flexibility index (Phi) is 6.28. The summed E-state index contributed by atoms with van der Waals surface area (Å²) in [6.45, 7) is 2.91. The Morgan fingerprint density at radius 2 is 1.79 bits per heavy atom. The van der Waals surface area contributed by atoms with Gasteiger partial charge in [-0.2, -0.15) is 0 Å². The number of aliphatic hydroxyl groups excluding tert-OH is 1. The summed E-state index contributed by atoms with van der Waals surface area (Å²) in [5.41, 5.74) is -0.357. The van der Waals surface area contributed by atoms with Crippen molar-refractivity contribution >= 4 is 11.9 Å². The lowest BCUT2D eigenvalue weighted by atomic mass is 9.79. The molecule has 110 valence electrons. The van der Waals surface area contributed by atoms with Crippen LogP contribution in [0.3, 0.4) is 0 Å². The number of nitrogens with zero attached hydrogens (tertiary/aromatic N) is 1. The Labute approximate surface area is 114 Å². The second kappa shape index (κ2) is 7.48. The molecule has 0 aromatic heterocycles. The van der Waals surface area contributed by atoms with Crippen LogP contribution in [-0.4, -0.2) is 46.7 Å². The molecule has 0 saturated heterocycles. The van der Waals surface area contributed by atoms with Crippen LogP contribution in [-0.2, 0) is 9.59 Å². The van der Waals surface area contributed by atoms with Crippen molar-refractivity contribution < 1.29 is 19.8 Å². The summed E-state index contributed by atoms with van der Waals surface area (Å²) in [7, 11) is 0. The highest BCUT2D eigenvalue weighted by molar-refractivity contribution is 5.78. The molecule has 1 aliphatic rings. The lowest BCUT2D eigenvalue weighted by Gasteiger charge is -2.30. The van der Waals surface area contributed by atoms with Crippen molar-refractivity contribution in [1.82, 2.24) is 4.90 Å². The van der Waals surface area contributed by atoms with Gasteiger partial charge >= 0.3 is 5.97 Å². The number of amides is 1. The van der Waals surface area contributed by atoms with Crippen LogP contribution in [0.1, 0.15) is 51.9 Å². The number of hydrogen-bond donors (Lipinski definition) is 2. The minimum absolute atomic E-state index is 0.0148. The number of rotatable bonds is 8. The van der Waals surface area contributed by atoms with Gasteiger partial charge in [-0.1, -0.05) is 19.8 Å². The fourth-order valence-electron chi connectivity index (χ4n) is 3.05. The van der Waals surface area contributed by atoms with E-state index >= 15 is 0 Å². The molecular formula is C14H25NO4. The minimum Gasteiger partial charge on any atom is -0.481 e. The fourth-order valence-corrected chi connectivity index (χ4v) is 3.05. The maximum Gasteiger partial charge on any atom is 0.303 e. The number of carbonyl (C=O) groups is 2.